The van der Waals surface area contributed by atoms with Crippen LogP contribution in [0.25, 0.3) is 0 Å². The van der Waals surface area contributed by atoms with Crippen molar-refractivity contribution in [1.29, 1.82) is 0 Å². The van der Waals surface area contributed by atoms with Gasteiger partial charge in [-0.25, -0.2) is 0 Å². The van der Waals surface area contributed by atoms with Crippen molar-refractivity contribution in [2.45, 2.75) is 17.5 Å². The Balaban J connectivity index is 2.36. The second-order valence-electron chi connectivity index (χ2n) is 3.43. The first-order chi connectivity index (χ1) is 7.65. The van der Waals surface area contributed by atoms with Crippen LogP contribution in [0.15, 0.2) is 24.3 Å². The molecule has 0 radical (unpaired) electrons. The molecule has 88 valence electrons. The molecule has 0 spiro atoms. The Morgan fingerprint density at radius 1 is 1.50 bits per heavy atom. The first-order valence-corrected chi connectivity index (χ1v) is 7.06. The molecule has 0 saturated heterocycles. The van der Waals surface area contributed by atoms with E-state index in [2.05, 4.69) is 39.7 Å². The molecule has 4 heteroatoms. The molecular formula is C12H15BrO2S. The number of carbonyl (C=O) groups excluding carboxylic acids is 1. The molecule has 0 bridgehead atoms. The van der Waals surface area contributed by atoms with Crippen LogP contribution >= 0.6 is 27.7 Å². The van der Waals surface area contributed by atoms with E-state index in [0.29, 0.717) is 0 Å². The first kappa shape index (κ1) is 13.6. The number of rotatable bonds is 5. The van der Waals surface area contributed by atoms with Gasteiger partial charge < -0.3 is 4.74 Å². The molecule has 1 aromatic rings. The van der Waals surface area contributed by atoms with Crippen molar-refractivity contribution >= 4 is 33.7 Å². The smallest absolute Gasteiger partial charge is 0.320 e. The summed E-state index contributed by atoms with van der Waals surface area (Å²) < 4.78 is 4.64. The van der Waals surface area contributed by atoms with Crippen LogP contribution in [0.4, 0.5) is 0 Å². The molecule has 2 nitrogen and oxygen atoms in total. The van der Waals surface area contributed by atoms with Gasteiger partial charge in [-0.05, 0) is 18.1 Å². The standard InChI is InChI=1S/C12H15BrO2S/c1-9-5-3-4-6-10(9)7-16-8-11(13)12(14)15-2/h3-6,11H,7-8H2,1-2H3. The number of esters is 1. The monoisotopic (exact) mass is 302 g/mol. The highest BCUT2D eigenvalue weighted by atomic mass is 79.9. The Hall–Kier alpha value is -0.480. The lowest BCUT2D eigenvalue weighted by molar-refractivity contribution is -0.139. The Labute approximate surface area is 109 Å². The van der Waals surface area contributed by atoms with Gasteiger partial charge in [-0.2, -0.15) is 11.8 Å². The molecule has 0 N–H and O–H groups in total. The highest BCUT2D eigenvalue weighted by molar-refractivity contribution is 9.10. The van der Waals surface area contributed by atoms with E-state index >= 15 is 0 Å². The molecule has 16 heavy (non-hydrogen) atoms. The lowest BCUT2D eigenvalue weighted by atomic mass is 10.1. The summed E-state index contributed by atoms with van der Waals surface area (Å²) in [4.78, 5) is 10.9. The fourth-order valence-corrected chi connectivity index (χ4v) is 2.99. The van der Waals surface area contributed by atoms with Gasteiger partial charge in [0.15, 0.2) is 0 Å². The van der Waals surface area contributed by atoms with Crippen LogP contribution in [-0.2, 0) is 15.3 Å². The lowest BCUT2D eigenvalue weighted by Crippen LogP contribution is -2.17. The quantitative estimate of drug-likeness (QED) is 0.617. The minimum absolute atomic E-state index is 0.211. The van der Waals surface area contributed by atoms with Gasteiger partial charge in [0.1, 0.15) is 4.83 Å². The van der Waals surface area contributed by atoms with Crippen LogP contribution in [0.2, 0.25) is 0 Å². The van der Waals surface area contributed by atoms with Crippen LogP contribution in [0.5, 0.6) is 0 Å². The van der Waals surface area contributed by atoms with Crippen molar-refractivity contribution in [2.24, 2.45) is 0 Å². The Bertz CT molecular complexity index is 355. The zero-order chi connectivity index (χ0) is 12.0. The molecule has 0 fully saturated rings. The summed E-state index contributed by atoms with van der Waals surface area (Å²) in [5, 5.41) is 0. The van der Waals surface area contributed by atoms with E-state index in [1.165, 1.54) is 18.2 Å². The molecule has 0 aliphatic carbocycles. The molecule has 1 unspecified atom stereocenters. The summed E-state index contributed by atoms with van der Waals surface area (Å²) in [5.74, 6) is 1.43. The number of hydrogen-bond acceptors (Lipinski definition) is 3. The molecule has 0 aliphatic rings. The largest absolute Gasteiger partial charge is 0.468 e. The second-order valence-corrected chi connectivity index (χ2v) is 5.57. The Kier molecular flexibility index (Phi) is 5.91. The molecule has 0 saturated carbocycles. The summed E-state index contributed by atoms with van der Waals surface area (Å²) >= 11 is 5.02. The normalized spacial score (nSPS) is 12.2. The fraction of sp³-hybridized carbons (Fsp3) is 0.417. The van der Waals surface area contributed by atoms with E-state index in [9.17, 15) is 4.79 Å². The average molecular weight is 303 g/mol. The van der Waals surface area contributed by atoms with Gasteiger partial charge in [-0.15, -0.1) is 0 Å². The third kappa shape index (κ3) is 4.18. The van der Waals surface area contributed by atoms with Crippen molar-refractivity contribution in [3.63, 3.8) is 0 Å². The number of aryl methyl sites for hydroxylation is 1. The second kappa shape index (κ2) is 6.97. The number of hydrogen-bond donors (Lipinski definition) is 0. The number of methoxy groups -OCH3 is 1. The number of benzene rings is 1. The summed E-state index contributed by atoms with van der Waals surface area (Å²) in [6, 6.07) is 8.28. The predicted octanol–water partition coefficient (Wildman–Crippen LogP) is 3.16. The summed E-state index contributed by atoms with van der Waals surface area (Å²) in [7, 11) is 1.41. The van der Waals surface area contributed by atoms with Crippen molar-refractivity contribution in [3.8, 4) is 0 Å². The molecule has 1 rings (SSSR count). The van der Waals surface area contributed by atoms with Gasteiger partial charge in [-0.3, -0.25) is 4.79 Å². The average Bonchev–Trinajstić information content (AvgIpc) is 2.30. The van der Waals surface area contributed by atoms with Crippen LogP contribution in [0, 0.1) is 6.92 Å². The van der Waals surface area contributed by atoms with Gasteiger partial charge in [0, 0.05) is 11.5 Å². The van der Waals surface area contributed by atoms with E-state index in [0.717, 1.165) is 11.5 Å². The van der Waals surface area contributed by atoms with Crippen molar-refractivity contribution in [3.05, 3.63) is 35.4 Å². The minimum atomic E-state index is -0.216. The zero-order valence-corrected chi connectivity index (χ0v) is 11.8. The number of alkyl halides is 1. The van der Waals surface area contributed by atoms with Crippen LogP contribution in [0.3, 0.4) is 0 Å². The first-order valence-electron chi connectivity index (χ1n) is 4.99. The lowest BCUT2D eigenvalue weighted by Gasteiger charge is -2.08. The topological polar surface area (TPSA) is 26.3 Å². The maximum Gasteiger partial charge on any atom is 0.320 e. The molecule has 0 aliphatic heterocycles. The van der Waals surface area contributed by atoms with Crippen molar-refractivity contribution < 1.29 is 9.53 Å². The van der Waals surface area contributed by atoms with E-state index in [1.54, 1.807) is 11.8 Å². The highest BCUT2D eigenvalue weighted by Gasteiger charge is 2.14. The van der Waals surface area contributed by atoms with E-state index < -0.39 is 0 Å². The number of thioether (sulfide) groups is 1. The van der Waals surface area contributed by atoms with E-state index in [-0.39, 0.29) is 10.8 Å². The number of carbonyl (C=O) groups is 1. The number of halogens is 1. The highest BCUT2D eigenvalue weighted by Crippen LogP contribution is 2.19. The molecule has 1 aromatic carbocycles. The third-order valence-corrected chi connectivity index (χ3v) is 4.45. The Morgan fingerprint density at radius 2 is 2.19 bits per heavy atom. The molecule has 0 amide bonds. The maximum atomic E-state index is 11.1. The fourth-order valence-electron chi connectivity index (χ4n) is 1.24. The van der Waals surface area contributed by atoms with Gasteiger partial charge in [0.05, 0.1) is 7.11 Å². The Morgan fingerprint density at radius 3 is 2.81 bits per heavy atom. The molecule has 0 heterocycles. The predicted molar refractivity (Wildman–Crippen MR) is 72.1 cm³/mol. The van der Waals surface area contributed by atoms with Gasteiger partial charge in [0.2, 0.25) is 0 Å². The molecule has 0 aromatic heterocycles. The van der Waals surface area contributed by atoms with Crippen LogP contribution in [-0.4, -0.2) is 23.7 Å². The minimum Gasteiger partial charge on any atom is -0.468 e. The van der Waals surface area contributed by atoms with Crippen LogP contribution < -0.4 is 0 Å². The van der Waals surface area contributed by atoms with Crippen molar-refractivity contribution in [2.75, 3.05) is 12.9 Å². The maximum absolute atomic E-state index is 11.1. The molecule has 1 atom stereocenters. The van der Waals surface area contributed by atoms with Crippen LogP contribution in [0.1, 0.15) is 11.1 Å². The summed E-state index contributed by atoms with van der Waals surface area (Å²) in [6.07, 6.45) is 0. The summed E-state index contributed by atoms with van der Waals surface area (Å²) in [5.41, 5.74) is 2.61. The van der Waals surface area contributed by atoms with E-state index in [1.807, 2.05) is 12.1 Å². The SMILES string of the molecule is COC(=O)C(Br)CSCc1ccccc1C. The zero-order valence-electron chi connectivity index (χ0n) is 9.40. The van der Waals surface area contributed by atoms with Crippen molar-refractivity contribution in [1.82, 2.24) is 0 Å². The third-order valence-electron chi connectivity index (χ3n) is 2.24. The van der Waals surface area contributed by atoms with E-state index in [4.69, 9.17) is 0 Å². The summed E-state index contributed by atoms with van der Waals surface area (Å²) in [6.45, 7) is 2.10. The molecular weight excluding hydrogens is 288 g/mol. The van der Waals surface area contributed by atoms with Gasteiger partial charge >= 0.3 is 5.97 Å². The van der Waals surface area contributed by atoms with Gasteiger partial charge in [-0.1, -0.05) is 40.2 Å². The number of ether oxygens (including phenoxy) is 1. The van der Waals surface area contributed by atoms with Gasteiger partial charge in [0.25, 0.3) is 0 Å².